The summed E-state index contributed by atoms with van der Waals surface area (Å²) in [4.78, 5) is 26.7. The van der Waals surface area contributed by atoms with Crippen LogP contribution in [-0.2, 0) is 4.79 Å². The molecule has 3 N–H and O–H groups in total. The Morgan fingerprint density at radius 3 is 2.23 bits per heavy atom. The number of ketones is 1. The molecule has 2 aliphatic rings. The highest BCUT2D eigenvalue weighted by Gasteiger charge is 2.40. The van der Waals surface area contributed by atoms with E-state index in [-0.39, 0.29) is 23.4 Å². The number of aliphatic hydroxyl groups is 1. The Morgan fingerprint density at radius 1 is 1.10 bits per heavy atom. The second-order valence-corrected chi connectivity index (χ2v) is 10.1. The predicted octanol–water partition coefficient (Wildman–Crippen LogP) is 3.79. The predicted molar refractivity (Wildman–Crippen MR) is 119 cm³/mol. The van der Waals surface area contributed by atoms with E-state index < -0.39 is 17.4 Å². The van der Waals surface area contributed by atoms with Crippen LogP contribution < -0.4 is 5.73 Å². The fourth-order valence-electron chi connectivity index (χ4n) is 5.16. The van der Waals surface area contributed by atoms with Crippen LogP contribution in [0.1, 0.15) is 69.2 Å². The zero-order valence-electron chi connectivity index (χ0n) is 18.9. The van der Waals surface area contributed by atoms with Crippen LogP contribution in [-0.4, -0.2) is 47.4 Å². The number of hydrogen-bond acceptors (Lipinski definition) is 4. The molecule has 0 radical (unpaired) electrons. The minimum atomic E-state index is -0.882. The minimum Gasteiger partial charge on any atom is -0.392 e. The van der Waals surface area contributed by atoms with Gasteiger partial charge in [-0.25, -0.2) is 4.39 Å². The monoisotopic (exact) mass is 432 g/mol. The summed E-state index contributed by atoms with van der Waals surface area (Å²) in [6, 6.07) is 5.87. The van der Waals surface area contributed by atoms with Gasteiger partial charge in [0.15, 0.2) is 5.78 Å². The van der Waals surface area contributed by atoms with E-state index in [9.17, 15) is 19.1 Å². The number of rotatable bonds is 8. The lowest BCUT2D eigenvalue weighted by Crippen LogP contribution is -2.46. The highest BCUT2D eigenvalue weighted by molar-refractivity contribution is 5.97. The molecule has 1 heterocycles. The number of likely N-dealkylation sites (tertiary alicyclic amines) is 1. The number of nitrogens with two attached hydrogens (primary N) is 1. The first-order chi connectivity index (χ1) is 14.7. The fourth-order valence-corrected chi connectivity index (χ4v) is 5.16. The quantitative estimate of drug-likeness (QED) is 0.612. The fraction of sp³-hybridized carbons (Fsp3) is 0.680. The van der Waals surface area contributed by atoms with E-state index in [1.165, 1.54) is 12.1 Å². The van der Waals surface area contributed by atoms with Crippen LogP contribution in [0.25, 0.3) is 0 Å². The smallest absolute Gasteiger partial charge is 0.225 e. The van der Waals surface area contributed by atoms with Gasteiger partial charge in [-0.1, -0.05) is 12.8 Å². The van der Waals surface area contributed by atoms with Crippen molar-refractivity contribution in [3.05, 3.63) is 35.6 Å². The number of aliphatic hydroxyl groups excluding tert-OH is 1. The van der Waals surface area contributed by atoms with Gasteiger partial charge >= 0.3 is 0 Å². The first-order valence-corrected chi connectivity index (χ1v) is 11.7. The minimum absolute atomic E-state index is 0.0345. The molecule has 0 bridgehead atoms. The number of Topliss-reactive ketones (excluding diaryl/α,β-unsaturated/α-hetero) is 1. The van der Waals surface area contributed by atoms with Crippen molar-refractivity contribution in [3.8, 4) is 0 Å². The average Bonchev–Trinajstić information content (AvgIpc) is 2.78. The number of carbonyl (C=O) groups is 2. The van der Waals surface area contributed by atoms with Crippen LogP contribution in [0.15, 0.2) is 24.3 Å². The summed E-state index contributed by atoms with van der Waals surface area (Å²) in [5.74, 6) is 0.211. The van der Waals surface area contributed by atoms with Gasteiger partial charge in [-0.3, -0.25) is 9.59 Å². The second kappa shape index (κ2) is 10.2. The summed E-state index contributed by atoms with van der Waals surface area (Å²) in [5, 5.41) is 10.6. The van der Waals surface area contributed by atoms with Gasteiger partial charge in [-0.05, 0) is 102 Å². The number of carbonyl (C=O) groups excluding carboxylic acids is 2. The van der Waals surface area contributed by atoms with Gasteiger partial charge in [0.1, 0.15) is 5.82 Å². The van der Waals surface area contributed by atoms with E-state index in [4.69, 9.17) is 5.73 Å². The van der Waals surface area contributed by atoms with Gasteiger partial charge in [0.2, 0.25) is 5.91 Å². The summed E-state index contributed by atoms with van der Waals surface area (Å²) >= 11 is 0. The summed E-state index contributed by atoms with van der Waals surface area (Å²) in [6.07, 6.45) is 6.22. The van der Waals surface area contributed by atoms with Crippen LogP contribution in [0, 0.1) is 29.0 Å². The number of benzene rings is 1. The third kappa shape index (κ3) is 5.92. The molecule has 1 saturated carbocycles. The third-order valence-electron chi connectivity index (χ3n) is 7.65. The molecule has 5 nitrogen and oxygen atoms in total. The lowest BCUT2D eigenvalue weighted by molar-refractivity contribution is -0.135. The SMILES string of the molecule is CC(C)(C(N)=O)C(O)C1CCC(CCN2CCC(C(=O)c3ccc(F)cc3)CC2)CC1. The standard InChI is InChI=1S/C25H37FN2O3/c1-25(2,24(27)31)23(30)20-5-3-17(4-6-20)11-14-28-15-12-19(13-16-28)22(29)18-7-9-21(26)10-8-18/h7-10,17,19-20,23,30H,3-6,11-16H2,1-2H3,(H2,27,31). The van der Waals surface area contributed by atoms with Crippen molar-refractivity contribution in [1.82, 2.24) is 4.90 Å². The van der Waals surface area contributed by atoms with Crippen molar-refractivity contribution in [2.24, 2.45) is 28.9 Å². The third-order valence-corrected chi connectivity index (χ3v) is 7.65. The number of hydrogen-bond donors (Lipinski definition) is 2. The second-order valence-electron chi connectivity index (χ2n) is 10.1. The number of nitrogens with zero attached hydrogens (tertiary/aromatic N) is 1. The van der Waals surface area contributed by atoms with Crippen molar-refractivity contribution < 1.29 is 19.1 Å². The van der Waals surface area contributed by atoms with Crippen molar-refractivity contribution in [3.63, 3.8) is 0 Å². The van der Waals surface area contributed by atoms with Gasteiger partial charge in [0.25, 0.3) is 0 Å². The summed E-state index contributed by atoms with van der Waals surface area (Å²) in [7, 11) is 0. The molecule has 3 rings (SSSR count). The molecule has 31 heavy (non-hydrogen) atoms. The Bertz CT molecular complexity index is 749. The Morgan fingerprint density at radius 2 is 1.68 bits per heavy atom. The summed E-state index contributed by atoms with van der Waals surface area (Å²) in [6.45, 7) is 6.37. The first kappa shape index (κ1) is 23.9. The van der Waals surface area contributed by atoms with Gasteiger partial charge in [-0.2, -0.15) is 0 Å². The summed E-state index contributed by atoms with van der Waals surface area (Å²) in [5.41, 5.74) is 5.19. The molecule has 1 unspecified atom stereocenters. The van der Waals surface area contributed by atoms with Crippen LogP contribution in [0.2, 0.25) is 0 Å². The Kier molecular flexibility index (Phi) is 7.87. The molecular formula is C25H37FN2O3. The van der Waals surface area contributed by atoms with E-state index in [1.807, 2.05) is 0 Å². The molecular weight excluding hydrogens is 395 g/mol. The maximum atomic E-state index is 13.1. The maximum absolute atomic E-state index is 13.1. The van der Waals surface area contributed by atoms with Crippen LogP contribution >= 0.6 is 0 Å². The first-order valence-electron chi connectivity index (χ1n) is 11.7. The zero-order valence-corrected chi connectivity index (χ0v) is 18.9. The van der Waals surface area contributed by atoms with E-state index in [0.717, 1.165) is 64.6 Å². The molecule has 172 valence electrons. The molecule has 1 aromatic rings. The average molecular weight is 433 g/mol. The van der Waals surface area contributed by atoms with Gasteiger partial charge in [-0.15, -0.1) is 0 Å². The Labute approximate surface area is 185 Å². The van der Waals surface area contributed by atoms with Crippen molar-refractivity contribution in [1.29, 1.82) is 0 Å². The van der Waals surface area contributed by atoms with Crippen molar-refractivity contribution in [2.75, 3.05) is 19.6 Å². The normalized spacial score (nSPS) is 24.6. The highest BCUT2D eigenvalue weighted by Crippen LogP contribution is 2.38. The van der Waals surface area contributed by atoms with Crippen LogP contribution in [0.3, 0.4) is 0 Å². The lowest BCUT2D eigenvalue weighted by Gasteiger charge is -2.38. The maximum Gasteiger partial charge on any atom is 0.225 e. The number of piperidine rings is 1. The van der Waals surface area contributed by atoms with E-state index in [0.29, 0.717) is 11.5 Å². The lowest BCUT2D eigenvalue weighted by atomic mass is 9.71. The topological polar surface area (TPSA) is 83.6 Å². The molecule has 6 heteroatoms. The Balaban J connectivity index is 1.37. The number of amides is 1. The Hall–Kier alpha value is -1.79. The van der Waals surface area contributed by atoms with Gasteiger partial charge < -0.3 is 15.7 Å². The zero-order chi connectivity index (χ0) is 22.6. The molecule has 1 aliphatic heterocycles. The molecule has 2 fully saturated rings. The molecule has 0 spiro atoms. The number of halogens is 1. The molecule has 1 saturated heterocycles. The van der Waals surface area contributed by atoms with Crippen LogP contribution in [0.4, 0.5) is 4.39 Å². The number of primary amides is 1. The van der Waals surface area contributed by atoms with E-state index >= 15 is 0 Å². The highest BCUT2D eigenvalue weighted by atomic mass is 19.1. The molecule has 1 amide bonds. The molecule has 0 aromatic heterocycles. The van der Waals surface area contributed by atoms with Gasteiger partial charge in [0, 0.05) is 11.5 Å². The van der Waals surface area contributed by atoms with E-state index in [2.05, 4.69) is 4.90 Å². The van der Waals surface area contributed by atoms with E-state index in [1.54, 1.807) is 26.0 Å². The molecule has 1 aliphatic carbocycles. The molecule has 1 atom stereocenters. The van der Waals surface area contributed by atoms with Crippen molar-refractivity contribution >= 4 is 11.7 Å². The summed E-state index contributed by atoms with van der Waals surface area (Å²) < 4.78 is 13.1. The van der Waals surface area contributed by atoms with Crippen LogP contribution in [0.5, 0.6) is 0 Å². The van der Waals surface area contributed by atoms with Crippen molar-refractivity contribution in [2.45, 2.75) is 64.9 Å². The van der Waals surface area contributed by atoms with Gasteiger partial charge in [0.05, 0.1) is 11.5 Å². The largest absolute Gasteiger partial charge is 0.392 e. The molecule has 1 aromatic carbocycles.